The Morgan fingerprint density at radius 2 is 0.911 bits per heavy atom. The number of hydrogen-bond donors (Lipinski definition) is 0. The van der Waals surface area contributed by atoms with Crippen molar-refractivity contribution in [3.8, 4) is 11.1 Å². The molecule has 45 heavy (non-hydrogen) atoms. The maximum absolute atomic E-state index is 2.73. The highest BCUT2D eigenvalue weighted by Gasteiger charge is 2.33. The van der Waals surface area contributed by atoms with Crippen LogP contribution in [-0.4, -0.2) is 4.90 Å². The zero-order valence-corrected chi connectivity index (χ0v) is 26.7. The summed E-state index contributed by atoms with van der Waals surface area (Å²) in [6, 6.07) is 59.0. The Bertz CT molecular complexity index is 2000. The van der Waals surface area contributed by atoms with E-state index in [9.17, 15) is 0 Å². The van der Waals surface area contributed by atoms with Gasteiger partial charge >= 0.3 is 0 Å². The van der Waals surface area contributed by atoms with E-state index in [4.69, 9.17) is 0 Å². The van der Waals surface area contributed by atoms with Gasteiger partial charge in [-0.1, -0.05) is 158 Å². The standard InChI is InChI=1S/C43H36NP/c1-30-37-27-25-32-15-9-12-22-39(32)42(37)43-38(28-26-33-16-10-13-23-40(33)43)31(2)44(30)29-34-17-11-14-24-41(34)45(35-18-5-3-6-19-35)36-20-7-4-8-21-36/h3-28,30-31H,29H2,1-2H3/t30-,31-/m0/s1. The highest BCUT2D eigenvalue weighted by Crippen LogP contribution is 2.49. The van der Waals surface area contributed by atoms with Gasteiger partial charge in [0.05, 0.1) is 0 Å². The summed E-state index contributed by atoms with van der Waals surface area (Å²) in [4.78, 5) is 2.73. The van der Waals surface area contributed by atoms with Gasteiger partial charge in [-0.2, -0.15) is 0 Å². The molecule has 0 spiro atoms. The van der Waals surface area contributed by atoms with E-state index in [1.807, 2.05) is 0 Å². The van der Waals surface area contributed by atoms with Crippen molar-refractivity contribution in [3.63, 3.8) is 0 Å². The Morgan fingerprint density at radius 1 is 0.467 bits per heavy atom. The Kier molecular flexibility index (Phi) is 7.30. The molecule has 2 heteroatoms. The fourth-order valence-corrected chi connectivity index (χ4v) is 9.90. The highest BCUT2D eigenvalue weighted by atomic mass is 31.1. The van der Waals surface area contributed by atoms with Gasteiger partial charge in [0, 0.05) is 18.6 Å². The second-order valence-electron chi connectivity index (χ2n) is 12.2. The summed E-state index contributed by atoms with van der Waals surface area (Å²) in [5.74, 6) is 0. The van der Waals surface area contributed by atoms with Crippen LogP contribution in [-0.2, 0) is 6.54 Å². The minimum atomic E-state index is -0.708. The second-order valence-corrected chi connectivity index (χ2v) is 14.3. The van der Waals surface area contributed by atoms with Crippen LogP contribution < -0.4 is 15.9 Å². The SMILES string of the molecule is C[C@H]1c2ccc3ccccc3c2-c2c(ccc3ccccc23)[C@H](C)N1Cc1ccccc1P(c1ccccc1)c1ccccc1. The van der Waals surface area contributed by atoms with Gasteiger partial charge in [0.25, 0.3) is 0 Å². The Hall–Kier alpha value is -4.55. The zero-order chi connectivity index (χ0) is 30.3. The van der Waals surface area contributed by atoms with Crippen molar-refractivity contribution in [3.05, 3.63) is 174 Å². The van der Waals surface area contributed by atoms with Crippen LogP contribution in [0.15, 0.2) is 158 Å². The van der Waals surface area contributed by atoms with E-state index in [1.165, 1.54) is 65.3 Å². The smallest absolute Gasteiger partial charge is 0.0335 e. The average Bonchev–Trinajstić information content (AvgIpc) is 3.19. The van der Waals surface area contributed by atoms with Crippen LogP contribution in [0.4, 0.5) is 0 Å². The van der Waals surface area contributed by atoms with E-state index in [-0.39, 0.29) is 12.1 Å². The molecule has 0 saturated carbocycles. The minimum Gasteiger partial charge on any atom is -0.286 e. The summed E-state index contributed by atoms with van der Waals surface area (Å²) in [6.45, 7) is 5.70. The van der Waals surface area contributed by atoms with Crippen molar-refractivity contribution in [2.75, 3.05) is 0 Å². The summed E-state index contributed by atoms with van der Waals surface area (Å²) in [7, 11) is -0.708. The summed E-state index contributed by atoms with van der Waals surface area (Å²) in [5.41, 5.74) is 7.00. The number of rotatable bonds is 5. The van der Waals surface area contributed by atoms with Gasteiger partial charge in [-0.25, -0.2) is 0 Å². The third kappa shape index (κ3) is 4.88. The number of fused-ring (bicyclic) bond motifs is 7. The predicted octanol–water partition coefficient (Wildman–Crippen LogP) is 10.1. The van der Waals surface area contributed by atoms with Gasteiger partial charge in [-0.15, -0.1) is 0 Å². The molecule has 1 nitrogen and oxygen atoms in total. The van der Waals surface area contributed by atoms with Crippen LogP contribution in [0.1, 0.15) is 42.6 Å². The zero-order valence-electron chi connectivity index (χ0n) is 25.8. The van der Waals surface area contributed by atoms with E-state index >= 15 is 0 Å². The maximum atomic E-state index is 2.73. The molecule has 0 fully saturated rings. The molecule has 0 aromatic heterocycles. The first-order chi connectivity index (χ1) is 22.2. The van der Waals surface area contributed by atoms with Crippen molar-refractivity contribution in [2.24, 2.45) is 0 Å². The van der Waals surface area contributed by atoms with Crippen LogP contribution in [0.25, 0.3) is 32.7 Å². The lowest BCUT2D eigenvalue weighted by Gasteiger charge is -2.35. The molecule has 0 aliphatic carbocycles. The average molecular weight is 598 g/mol. The Morgan fingerprint density at radius 3 is 1.44 bits per heavy atom. The van der Waals surface area contributed by atoms with Gasteiger partial charge in [-0.05, 0) is 87.0 Å². The van der Waals surface area contributed by atoms with Crippen molar-refractivity contribution >= 4 is 45.4 Å². The van der Waals surface area contributed by atoms with Crippen LogP contribution in [0.5, 0.6) is 0 Å². The van der Waals surface area contributed by atoms with Gasteiger partial charge in [0.2, 0.25) is 0 Å². The fourth-order valence-electron chi connectivity index (χ4n) is 7.44. The molecule has 218 valence electrons. The molecule has 0 saturated heterocycles. The largest absolute Gasteiger partial charge is 0.286 e. The van der Waals surface area contributed by atoms with E-state index in [0.29, 0.717) is 0 Å². The predicted molar refractivity (Wildman–Crippen MR) is 194 cm³/mol. The second kappa shape index (κ2) is 11.8. The number of hydrogen-bond acceptors (Lipinski definition) is 1. The lowest BCUT2D eigenvalue weighted by Crippen LogP contribution is -2.32. The normalized spacial score (nSPS) is 16.4. The first-order valence-electron chi connectivity index (χ1n) is 16.0. The monoisotopic (exact) mass is 597 g/mol. The van der Waals surface area contributed by atoms with Gasteiger partial charge in [-0.3, -0.25) is 4.90 Å². The van der Waals surface area contributed by atoms with Crippen LogP contribution in [0.2, 0.25) is 0 Å². The lowest BCUT2D eigenvalue weighted by atomic mass is 9.86. The van der Waals surface area contributed by atoms with Crippen LogP contribution in [0.3, 0.4) is 0 Å². The molecular formula is C43H36NP. The van der Waals surface area contributed by atoms with Crippen LogP contribution in [0, 0.1) is 0 Å². The third-order valence-electron chi connectivity index (χ3n) is 9.68. The molecule has 7 aromatic rings. The van der Waals surface area contributed by atoms with E-state index in [0.717, 1.165) is 6.54 Å². The fraction of sp³-hybridized carbons (Fsp3) is 0.116. The van der Waals surface area contributed by atoms with Crippen molar-refractivity contribution in [1.82, 2.24) is 4.90 Å². The molecule has 1 heterocycles. The van der Waals surface area contributed by atoms with Gasteiger partial charge in [0.15, 0.2) is 0 Å². The summed E-state index contributed by atoms with van der Waals surface area (Å²) < 4.78 is 0. The molecular weight excluding hydrogens is 561 g/mol. The number of benzene rings is 7. The first kappa shape index (κ1) is 28.0. The molecule has 1 aliphatic rings. The van der Waals surface area contributed by atoms with Crippen LogP contribution >= 0.6 is 7.92 Å². The molecule has 7 aromatic carbocycles. The summed E-state index contributed by atoms with van der Waals surface area (Å²) >= 11 is 0. The molecule has 0 N–H and O–H groups in total. The van der Waals surface area contributed by atoms with Crippen molar-refractivity contribution in [1.29, 1.82) is 0 Å². The van der Waals surface area contributed by atoms with E-state index in [2.05, 4.69) is 176 Å². The quantitative estimate of drug-likeness (QED) is 0.179. The van der Waals surface area contributed by atoms with Crippen molar-refractivity contribution in [2.45, 2.75) is 32.5 Å². The maximum Gasteiger partial charge on any atom is 0.0335 e. The summed E-state index contributed by atoms with van der Waals surface area (Å²) in [6.07, 6.45) is 0. The Balaban J connectivity index is 1.32. The molecule has 1 aliphatic heterocycles. The minimum absolute atomic E-state index is 0.221. The number of nitrogens with zero attached hydrogens (tertiary/aromatic N) is 1. The van der Waals surface area contributed by atoms with Crippen molar-refractivity contribution < 1.29 is 0 Å². The first-order valence-corrected chi connectivity index (χ1v) is 17.3. The topological polar surface area (TPSA) is 3.24 Å². The molecule has 0 unspecified atom stereocenters. The van der Waals surface area contributed by atoms with E-state index in [1.54, 1.807) is 0 Å². The third-order valence-corrected chi connectivity index (χ3v) is 12.2. The lowest BCUT2D eigenvalue weighted by molar-refractivity contribution is 0.148. The molecule has 0 radical (unpaired) electrons. The highest BCUT2D eigenvalue weighted by molar-refractivity contribution is 7.79. The van der Waals surface area contributed by atoms with Gasteiger partial charge < -0.3 is 0 Å². The Labute approximate surface area is 267 Å². The molecule has 0 amide bonds. The molecule has 0 bridgehead atoms. The van der Waals surface area contributed by atoms with Gasteiger partial charge in [0.1, 0.15) is 0 Å². The molecule has 2 atom stereocenters. The summed E-state index contributed by atoms with van der Waals surface area (Å²) in [5, 5.41) is 9.48. The van der Waals surface area contributed by atoms with E-state index < -0.39 is 7.92 Å². The molecule has 8 rings (SSSR count).